The fourth-order valence-corrected chi connectivity index (χ4v) is 1.57. The highest BCUT2D eigenvalue weighted by Crippen LogP contribution is 2.23. The van der Waals surface area contributed by atoms with Crippen LogP contribution in [0.5, 0.6) is 0 Å². The Morgan fingerprint density at radius 3 is 3.06 bits per heavy atom. The summed E-state index contributed by atoms with van der Waals surface area (Å²) in [6, 6.07) is 6.82. The molecule has 1 heterocycles. The van der Waals surface area contributed by atoms with Crippen LogP contribution in [0.15, 0.2) is 24.5 Å². The van der Waals surface area contributed by atoms with Gasteiger partial charge in [0.1, 0.15) is 0 Å². The summed E-state index contributed by atoms with van der Waals surface area (Å²) in [5, 5.41) is 19.2. The molecular formula is C10H8N4O2. The van der Waals surface area contributed by atoms with Crippen molar-refractivity contribution in [1.29, 1.82) is 5.26 Å². The van der Waals surface area contributed by atoms with Crippen molar-refractivity contribution in [3.05, 3.63) is 34.6 Å². The summed E-state index contributed by atoms with van der Waals surface area (Å²) in [4.78, 5) is 14.3. The van der Waals surface area contributed by atoms with Crippen LogP contribution in [0, 0.1) is 21.4 Å². The van der Waals surface area contributed by atoms with Gasteiger partial charge in [-0.3, -0.25) is 10.1 Å². The summed E-state index contributed by atoms with van der Waals surface area (Å²) in [6.45, 7) is 0.494. The standard InChI is InChI=1S/C10H8N4O2/c11-5-2-6-13-7-12-10-8(13)3-1-4-9(10)14(15)16/h1,3-4,7H,2,6H2. The number of para-hydroxylation sites is 1. The lowest BCUT2D eigenvalue weighted by atomic mass is 10.2. The molecule has 6 nitrogen and oxygen atoms in total. The van der Waals surface area contributed by atoms with E-state index in [9.17, 15) is 10.1 Å². The number of hydrogen-bond acceptors (Lipinski definition) is 4. The molecule has 2 rings (SSSR count). The summed E-state index contributed by atoms with van der Waals surface area (Å²) in [5.41, 5.74) is 1.04. The average Bonchev–Trinajstić information content (AvgIpc) is 2.69. The van der Waals surface area contributed by atoms with Gasteiger partial charge in [-0.25, -0.2) is 4.98 Å². The Labute approximate surface area is 90.9 Å². The molecule has 0 aliphatic carbocycles. The second-order valence-electron chi connectivity index (χ2n) is 3.25. The second-order valence-corrected chi connectivity index (χ2v) is 3.25. The van der Waals surface area contributed by atoms with Crippen LogP contribution in [0.3, 0.4) is 0 Å². The third-order valence-electron chi connectivity index (χ3n) is 2.29. The van der Waals surface area contributed by atoms with Crippen LogP contribution in [0.2, 0.25) is 0 Å². The molecule has 0 aliphatic heterocycles. The molecule has 0 atom stereocenters. The highest BCUT2D eigenvalue weighted by atomic mass is 16.6. The average molecular weight is 216 g/mol. The molecule has 16 heavy (non-hydrogen) atoms. The number of fused-ring (bicyclic) bond motifs is 1. The molecule has 6 heteroatoms. The Kier molecular flexibility index (Phi) is 2.52. The van der Waals surface area contributed by atoms with Crippen LogP contribution in [-0.4, -0.2) is 14.5 Å². The molecule has 0 aliphatic rings. The first-order chi connectivity index (χ1) is 7.74. The number of nitriles is 1. The highest BCUT2D eigenvalue weighted by Gasteiger charge is 2.14. The predicted molar refractivity (Wildman–Crippen MR) is 56.6 cm³/mol. The van der Waals surface area contributed by atoms with Gasteiger partial charge in [-0.1, -0.05) is 6.07 Å². The van der Waals surface area contributed by atoms with Gasteiger partial charge >= 0.3 is 0 Å². The van der Waals surface area contributed by atoms with E-state index >= 15 is 0 Å². The maximum Gasteiger partial charge on any atom is 0.297 e. The van der Waals surface area contributed by atoms with Gasteiger partial charge in [0.05, 0.1) is 29.3 Å². The first-order valence-corrected chi connectivity index (χ1v) is 4.69. The molecule has 1 aromatic carbocycles. The van der Waals surface area contributed by atoms with E-state index in [1.807, 2.05) is 6.07 Å². The number of nitrogens with zero attached hydrogens (tertiary/aromatic N) is 4. The molecule has 0 fully saturated rings. The van der Waals surface area contributed by atoms with Crippen molar-refractivity contribution in [3.8, 4) is 6.07 Å². The van der Waals surface area contributed by atoms with Gasteiger partial charge in [-0.05, 0) is 6.07 Å². The lowest BCUT2D eigenvalue weighted by molar-refractivity contribution is -0.383. The minimum Gasteiger partial charge on any atom is -0.329 e. The molecule has 0 N–H and O–H groups in total. The number of aromatic nitrogens is 2. The SMILES string of the molecule is N#CCCn1cnc2c([N+](=O)[O-])cccc21. The number of aryl methyl sites for hydroxylation is 1. The van der Waals surface area contributed by atoms with Crippen LogP contribution in [0.25, 0.3) is 11.0 Å². The number of rotatable bonds is 3. The molecule has 2 aromatic rings. The maximum atomic E-state index is 10.7. The smallest absolute Gasteiger partial charge is 0.297 e. The number of nitro groups is 1. The lowest BCUT2D eigenvalue weighted by Gasteiger charge is -1.99. The number of imidazole rings is 1. The van der Waals surface area contributed by atoms with E-state index in [0.29, 0.717) is 24.0 Å². The quantitative estimate of drug-likeness (QED) is 0.578. The van der Waals surface area contributed by atoms with Crippen molar-refractivity contribution < 1.29 is 4.92 Å². The molecule has 0 unspecified atom stereocenters. The summed E-state index contributed by atoms with van der Waals surface area (Å²) in [5.74, 6) is 0. The Balaban J connectivity index is 2.53. The lowest BCUT2D eigenvalue weighted by Crippen LogP contribution is -1.95. The fraction of sp³-hybridized carbons (Fsp3) is 0.200. The van der Waals surface area contributed by atoms with Crippen molar-refractivity contribution in [3.63, 3.8) is 0 Å². The highest BCUT2D eigenvalue weighted by molar-refractivity contribution is 5.84. The predicted octanol–water partition coefficient (Wildman–Crippen LogP) is 1.86. The van der Waals surface area contributed by atoms with Crippen LogP contribution in [0.4, 0.5) is 5.69 Å². The normalized spacial score (nSPS) is 10.2. The number of hydrogen-bond donors (Lipinski definition) is 0. The van der Waals surface area contributed by atoms with E-state index < -0.39 is 4.92 Å². The Hall–Kier alpha value is -2.42. The molecule has 1 aromatic heterocycles. The van der Waals surface area contributed by atoms with Crippen LogP contribution < -0.4 is 0 Å². The third-order valence-corrected chi connectivity index (χ3v) is 2.29. The zero-order valence-electron chi connectivity index (χ0n) is 8.33. The number of nitro benzene ring substituents is 1. The Morgan fingerprint density at radius 2 is 2.38 bits per heavy atom. The van der Waals surface area contributed by atoms with E-state index in [0.717, 1.165) is 0 Å². The minimum atomic E-state index is -0.454. The summed E-state index contributed by atoms with van der Waals surface area (Å²) >= 11 is 0. The van der Waals surface area contributed by atoms with E-state index in [1.165, 1.54) is 12.4 Å². The Bertz CT molecular complexity index is 582. The zero-order valence-corrected chi connectivity index (χ0v) is 8.33. The first kappa shape index (κ1) is 10.1. The molecule has 0 radical (unpaired) electrons. The first-order valence-electron chi connectivity index (χ1n) is 4.69. The zero-order chi connectivity index (χ0) is 11.5. The van der Waals surface area contributed by atoms with Crippen LogP contribution in [0.1, 0.15) is 6.42 Å². The molecule has 0 saturated carbocycles. The molecular weight excluding hydrogens is 208 g/mol. The van der Waals surface area contributed by atoms with Gasteiger partial charge in [0.25, 0.3) is 5.69 Å². The molecule has 0 saturated heterocycles. The van der Waals surface area contributed by atoms with Gasteiger partial charge < -0.3 is 4.57 Å². The minimum absolute atomic E-state index is 0.00629. The van der Waals surface area contributed by atoms with Gasteiger partial charge in [-0.15, -0.1) is 0 Å². The third kappa shape index (κ3) is 1.59. The van der Waals surface area contributed by atoms with Gasteiger partial charge in [0.15, 0.2) is 5.52 Å². The largest absolute Gasteiger partial charge is 0.329 e. The topological polar surface area (TPSA) is 84.8 Å². The molecule has 0 bridgehead atoms. The van der Waals surface area contributed by atoms with E-state index in [2.05, 4.69) is 4.98 Å². The monoisotopic (exact) mass is 216 g/mol. The van der Waals surface area contributed by atoms with Crippen LogP contribution >= 0.6 is 0 Å². The van der Waals surface area contributed by atoms with E-state index in [-0.39, 0.29) is 5.69 Å². The van der Waals surface area contributed by atoms with E-state index in [4.69, 9.17) is 5.26 Å². The van der Waals surface area contributed by atoms with Crippen molar-refractivity contribution in [2.75, 3.05) is 0 Å². The van der Waals surface area contributed by atoms with Gasteiger partial charge in [-0.2, -0.15) is 5.26 Å². The molecule has 0 amide bonds. The number of non-ortho nitro benzene ring substituents is 1. The van der Waals surface area contributed by atoms with Crippen molar-refractivity contribution in [1.82, 2.24) is 9.55 Å². The van der Waals surface area contributed by atoms with Crippen LogP contribution in [-0.2, 0) is 6.54 Å². The fourth-order valence-electron chi connectivity index (χ4n) is 1.57. The van der Waals surface area contributed by atoms with Crippen molar-refractivity contribution in [2.24, 2.45) is 0 Å². The second kappa shape index (κ2) is 3.98. The summed E-state index contributed by atoms with van der Waals surface area (Å²) in [7, 11) is 0. The number of benzene rings is 1. The molecule has 0 spiro atoms. The Morgan fingerprint density at radius 1 is 1.56 bits per heavy atom. The van der Waals surface area contributed by atoms with Gasteiger partial charge in [0, 0.05) is 12.6 Å². The molecule has 80 valence electrons. The van der Waals surface area contributed by atoms with Crippen molar-refractivity contribution in [2.45, 2.75) is 13.0 Å². The summed E-state index contributed by atoms with van der Waals surface area (Å²) < 4.78 is 1.74. The van der Waals surface area contributed by atoms with Gasteiger partial charge in [0.2, 0.25) is 0 Å². The van der Waals surface area contributed by atoms with Crippen molar-refractivity contribution >= 4 is 16.7 Å². The van der Waals surface area contributed by atoms with E-state index in [1.54, 1.807) is 16.7 Å². The maximum absolute atomic E-state index is 10.7. The summed E-state index contributed by atoms with van der Waals surface area (Å²) in [6.07, 6.45) is 1.88.